The van der Waals surface area contributed by atoms with E-state index in [4.69, 9.17) is 10.5 Å². The summed E-state index contributed by atoms with van der Waals surface area (Å²) in [5.41, 5.74) is 1.65. The van der Waals surface area contributed by atoms with Gasteiger partial charge in [-0.15, -0.1) is 0 Å². The second-order valence-electron chi connectivity index (χ2n) is 5.02. The minimum Gasteiger partial charge on any atom is -0.393 e. The third kappa shape index (κ3) is 2.34. The number of alkyl halides is 1. The van der Waals surface area contributed by atoms with Gasteiger partial charge in [0.2, 0.25) is 0 Å². The van der Waals surface area contributed by atoms with Gasteiger partial charge in [-0.25, -0.2) is 9.18 Å². The van der Waals surface area contributed by atoms with Gasteiger partial charge >= 0.3 is 5.69 Å². The van der Waals surface area contributed by atoms with Crippen molar-refractivity contribution in [2.24, 2.45) is 0 Å². The highest BCUT2D eigenvalue weighted by molar-refractivity contribution is 5.23. The van der Waals surface area contributed by atoms with Crippen molar-refractivity contribution in [3.8, 4) is 0 Å². The van der Waals surface area contributed by atoms with Crippen LogP contribution >= 0.6 is 0 Å². The molecule has 0 amide bonds. The van der Waals surface area contributed by atoms with Gasteiger partial charge in [-0.1, -0.05) is 0 Å². The number of aliphatic hydroxyl groups is 2. The van der Waals surface area contributed by atoms with Crippen LogP contribution in [0.3, 0.4) is 0 Å². The van der Waals surface area contributed by atoms with Crippen molar-refractivity contribution in [3.05, 3.63) is 22.7 Å². The van der Waals surface area contributed by atoms with Crippen LogP contribution in [-0.2, 0) is 4.74 Å². The molecule has 0 radical (unpaired) electrons. The van der Waals surface area contributed by atoms with Gasteiger partial charge in [0.1, 0.15) is 23.7 Å². The average molecular weight is 273 g/mol. The van der Waals surface area contributed by atoms with Crippen LogP contribution in [0.15, 0.2) is 17.1 Å². The Kier molecular flexibility index (Phi) is 3.33. The van der Waals surface area contributed by atoms with E-state index in [9.17, 15) is 19.4 Å². The molecule has 1 saturated heterocycles. The smallest absolute Gasteiger partial charge is 0.351 e. The van der Waals surface area contributed by atoms with Crippen LogP contribution in [0.1, 0.15) is 19.6 Å². The number of ether oxygens (including phenoxy) is 1. The number of nitrogen functional groups attached to an aromatic ring is 1. The molecule has 1 aliphatic heterocycles. The summed E-state index contributed by atoms with van der Waals surface area (Å²) in [4.78, 5) is 15.2. The Balaban J connectivity index is 2.42. The fourth-order valence-corrected chi connectivity index (χ4v) is 2.32. The van der Waals surface area contributed by atoms with Crippen molar-refractivity contribution < 1.29 is 19.3 Å². The molecule has 8 heteroatoms. The number of halogens is 1. The fourth-order valence-electron chi connectivity index (χ4n) is 2.32. The Morgan fingerprint density at radius 1 is 1.74 bits per heavy atom. The molecule has 0 spiro atoms. The Bertz CT molecular complexity index is 527. The number of aromatic nitrogens is 2. The summed E-state index contributed by atoms with van der Waals surface area (Å²) in [6.07, 6.45) is 0.0558. The maximum absolute atomic E-state index is 13.0. The van der Waals surface area contributed by atoms with E-state index in [2.05, 4.69) is 4.98 Å². The number of nitrogens with two attached hydrogens (primary N) is 1. The molecule has 1 aromatic heterocycles. The van der Waals surface area contributed by atoms with Crippen LogP contribution < -0.4 is 11.4 Å². The van der Waals surface area contributed by atoms with Gasteiger partial charge in [0.25, 0.3) is 0 Å². The number of aliphatic hydroxyl groups excluding tert-OH is 1. The van der Waals surface area contributed by atoms with Crippen molar-refractivity contribution >= 4 is 5.82 Å². The van der Waals surface area contributed by atoms with E-state index in [1.165, 1.54) is 19.2 Å². The van der Waals surface area contributed by atoms with Gasteiger partial charge in [-0.05, 0) is 13.0 Å². The Labute approximate surface area is 108 Å². The summed E-state index contributed by atoms with van der Waals surface area (Å²) in [5, 5.41) is 19.5. The minimum atomic E-state index is -1.50. The zero-order valence-electron chi connectivity index (χ0n) is 10.4. The van der Waals surface area contributed by atoms with Crippen LogP contribution in [0.4, 0.5) is 10.2 Å². The highest BCUT2D eigenvalue weighted by atomic mass is 19.1. The van der Waals surface area contributed by atoms with Crippen LogP contribution in [-0.4, -0.2) is 44.2 Å². The molecule has 0 aliphatic carbocycles. The number of hydrogen-bond acceptors (Lipinski definition) is 6. The quantitative estimate of drug-likeness (QED) is 0.664. The van der Waals surface area contributed by atoms with Crippen molar-refractivity contribution in [2.45, 2.75) is 30.8 Å². The Hall–Kier alpha value is -1.51. The highest BCUT2D eigenvalue weighted by Crippen LogP contribution is 2.43. The van der Waals surface area contributed by atoms with E-state index in [0.717, 1.165) is 4.57 Å². The lowest BCUT2D eigenvalue weighted by Crippen LogP contribution is -2.38. The average Bonchev–Trinajstić information content (AvgIpc) is 2.62. The highest BCUT2D eigenvalue weighted by Gasteiger charge is 2.54. The predicted octanol–water partition coefficient (Wildman–Crippen LogP) is -0.804. The first kappa shape index (κ1) is 13.9. The fraction of sp³-hybridized carbons (Fsp3) is 0.636. The summed E-state index contributed by atoms with van der Waals surface area (Å²) in [5.74, 6) is 0.0396. The lowest BCUT2D eigenvalue weighted by atomic mass is 9.92. The Morgan fingerprint density at radius 2 is 2.42 bits per heavy atom. The van der Waals surface area contributed by atoms with Crippen LogP contribution in [0.25, 0.3) is 0 Å². The van der Waals surface area contributed by atoms with E-state index in [0.29, 0.717) is 0 Å². The first-order valence-corrected chi connectivity index (χ1v) is 5.75. The molecule has 7 nitrogen and oxygen atoms in total. The second kappa shape index (κ2) is 4.55. The third-order valence-corrected chi connectivity index (χ3v) is 3.21. The van der Waals surface area contributed by atoms with E-state index in [1.54, 1.807) is 0 Å². The number of hydrogen-bond donors (Lipinski definition) is 3. The third-order valence-electron chi connectivity index (χ3n) is 3.21. The molecule has 4 N–H and O–H groups in total. The van der Waals surface area contributed by atoms with Crippen molar-refractivity contribution in [1.29, 1.82) is 0 Å². The molecule has 2 rings (SSSR count). The molecule has 106 valence electrons. The van der Waals surface area contributed by atoms with E-state index < -0.39 is 36.4 Å². The molecule has 3 atom stereocenters. The molecular formula is C11H16FN3O4. The maximum Gasteiger partial charge on any atom is 0.351 e. The van der Waals surface area contributed by atoms with Crippen molar-refractivity contribution in [1.82, 2.24) is 9.55 Å². The molecule has 0 unspecified atom stereocenters. The molecule has 0 aromatic carbocycles. The number of nitrogens with zero attached hydrogens (tertiary/aromatic N) is 2. The lowest BCUT2D eigenvalue weighted by Gasteiger charge is -2.25. The summed E-state index contributed by atoms with van der Waals surface area (Å²) in [6.45, 7) is -0.145. The van der Waals surface area contributed by atoms with Crippen LogP contribution in [0.5, 0.6) is 0 Å². The van der Waals surface area contributed by atoms with Gasteiger partial charge in [-0.3, -0.25) is 4.57 Å². The predicted molar refractivity (Wildman–Crippen MR) is 64.1 cm³/mol. The molecule has 1 aliphatic rings. The standard InChI is InChI=1S/C11H16FN3O4/c1-10(18)4-11(5-12,6-16)19-8(10)15-3-2-7(13)14-9(15)17/h2-3,8,16,18H,4-6H2,1H3,(H2,13,14,17)/t8-,10-,11-/m1/s1. The van der Waals surface area contributed by atoms with Gasteiger partial charge in [0.15, 0.2) is 6.23 Å². The Morgan fingerprint density at radius 3 is 2.89 bits per heavy atom. The summed E-state index contributed by atoms with van der Waals surface area (Å²) < 4.78 is 19.4. The first-order valence-electron chi connectivity index (χ1n) is 5.75. The number of rotatable bonds is 3. The zero-order valence-corrected chi connectivity index (χ0v) is 10.4. The maximum atomic E-state index is 13.0. The molecule has 19 heavy (non-hydrogen) atoms. The molecule has 1 aromatic rings. The normalized spacial score (nSPS) is 34.6. The van der Waals surface area contributed by atoms with Gasteiger partial charge in [-0.2, -0.15) is 4.98 Å². The monoisotopic (exact) mass is 273 g/mol. The molecule has 2 heterocycles. The minimum absolute atomic E-state index is 0.0396. The summed E-state index contributed by atoms with van der Waals surface area (Å²) in [7, 11) is 0. The van der Waals surface area contributed by atoms with E-state index in [1.807, 2.05) is 0 Å². The first-order chi connectivity index (χ1) is 8.83. The molecule has 0 bridgehead atoms. The lowest BCUT2D eigenvalue weighted by molar-refractivity contribution is -0.133. The zero-order chi connectivity index (χ0) is 14.3. The van der Waals surface area contributed by atoms with Gasteiger partial charge in [0.05, 0.1) is 6.61 Å². The SMILES string of the molecule is C[C@@]1(O)C[C@](CO)(CF)O[C@H]1n1ccc(N)nc1=O. The van der Waals surface area contributed by atoms with Crippen LogP contribution in [0, 0.1) is 0 Å². The van der Waals surface area contributed by atoms with E-state index in [-0.39, 0.29) is 12.2 Å². The second-order valence-corrected chi connectivity index (χ2v) is 5.02. The van der Waals surface area contributed by atoms with Crippen LogP contribution in [0.2, 0.25) is 0 Å². The van der Waals surface area contributed by atoms with Gasteiger partial charge in [0, 0.05) is 12.6 Å². The van der Waals surface area contributed by atoms with E-state index >= 15 is 0 Å². The summed E-state index contributed by atoms with van der Waals surface area (Å²) >= 11 is 0. The van der Waals surface area contributed by atoms with Crippen molar-refractivity contribution in [2.75, 3.05) is 19.0 Å². The molecule has 0 saturated carbocycles. The topological polar surface area (TPSA) is 111 Å². The largest absolute Gasteiger partial charge is 0.393 e. The summed E-state index contributed by atoms with van der Waals surface area (Å²) in [6, 6.07) is 1.37. The molecular weight excluding hydrogens is 257 g/mol. The van der Waals surface area contributed by atoms with Gasteiger partial charge < -0.3 is 20.7 Å². The van der Waals surface area contributed by atoms with Crippen molar-refractivity contribution in [3.63, 3.8) is 0 Å². The molecule has 1 fully saturated rings. The number of anilines is 1.